The van der Waals surface area contributed by atoms with Crippen LogP contribution in [0, 0.1) is 0 Å². The van der Waals surface area contributed by atoms with Crippen molar-refractivity contribution in [1.82, 2.24) is 10.2 Å². The zero-order valence-electron chi connectivity index (χ0n) is 17.3. The van der Waals surface area contributed by atoms with Crippen LogP contribution in [0.5, 0.6) is 0 Å². The second-order valence-electron chi connectivity index (χ2n) is 7.90. The summed E-state index contributed by atoms with van der Waals surface area (Å²) in [6.45, 7) is 0. The number of unbranched alkanes of at least 4 members (excludes halogenated alkanes) is 11. The zero-order chi connectivity index (χ0) is 19.9. The molecule has 0 spiro atoms. The average Bonchev–Trinajstić information content (AvgIpc) is 3.34. The first-order valence-corrected chi connectivity index (χ1v) is 11.1. The van der Waals surface area contributed by atoms with Crippen LogP contribution in [-0.2, 0) is 17.6 Å². The molecule has 0 amide bonds. The highest BCUT2D eigenvalue weighted by atomic mass is 16.3. The van der Waals surface area contributed by atoms with Crippen LogP contribution in [0.1, 0.15) is 94.6 Å². The Hall–Kier alpha value is -2.04. The standard InChI is InChI=1S/C23H37N3O2/c24-23-21(18-25-26-23)17-22(27)14-12-10-8-6-4-2-1-3-5-7-9-11-13-20-15-16-28-19-20/h15-16,18-19H,1-14,17H2,(H3,24,25,26). The van der Waals surface area contributed by atoms with Gasteiger partial charge in [-0.3, -0.25) is 9.89 Å². The van der Waals surface area contributed by atoms with E-state index in [1.54, 1.807) is 12.5 Å². The van der Waals surface area contributed by atoms with Gasteiger partial charge in [-0.15, -0.1) is 0 Å². The number of carbonyl (C=O) groups excluding carboxylic acids is 1. The van der Waals surface area contributed by atoms with E-state index in [9.17, 15) is 4.79 Å². The Bertz CT molecular complexity index is 634. The third-order valence-corrected chi connectivity index (χ3v) is 5.39. The van der Waals surface area contributed by atoms with Crippen molar-refractivity contribution in [2.45, 2.75) is 96.3 Å². The number of anilines is 1. The molecule has 0 radical (unpaired) electrons. The van der Waals surface area contributed by atoms with Crippen molar-refractivity contribution < 1.29 is 9.21 Å². The minimum Gasteiger partial charge on any atom is -0.472 e. The number of H-pyrrole nitrogens is 1. The summed E-state index contributed by atoms with van der Waals surface area (Å²) in [5.41, 5.74) is 7.86. The molecule has 0 aliphatic carbocycles. The maximum absolute atomic E-state index is 11.9. The van der Waals surface area contributed by atoms with E-state index in [0.29, 0.717) is 18.7 Å². The first-order chi connectivity index (χ1) is 13.8. The van der Waals surface area contributed by atoms with E-state index in [1.807, 2.05) is 6.26 Å². The lowest BCUT2D eigenvalue weighted by Crippen LogP contribution is -2.03. The molecular formula is C23H37N3O2. The molecule has 156 valence electrons. The summed E-state index contributed by atoms with van der Waals surface area (Å²) in [5, 5.41) is 6.52. The average molecular weight is 388 g/mol. The predicted molar refractivity (Wildman–Crippen MR) is 114 cm³/mol. The number of Topliss-reactive ketones (excluding diaryl/α,β-unsaturated/α-hetero) is 1. The van der Waals surface area contributed by atoms with E-state index in [0.717, 1.165) is 24.8 Å². The SMILES string of the molecule is Nc1[nH]ncc1CC(=O)CCCCCCCCCCCCCCc1ccoc1. The Kier molecular flexibility index (Phi) is 11.1. The Morgan fingerprint density at radius 1 is 0.929 bits per heavy atom. The largest absolute Gasteiger partial charge is 0.472 e. The number of nitrogens with two attached hydrogens (primary N) is 1. The number of nitrogens with one attached hydrogen (secondary N) is 1. The summed E-state index contributed by atoms with van der Waals surface area (Å²) in [5.74, 6) is 0.778. The van der Waals surface area contributed by atoms with Crippen LogP contribution < -0.4 is 5.73 Å². The first-order valence-electron chi connectivity index (χ1n) is 11.1. The topological polar surface area (TPSA) is 84.9 Å². The van der Waals surface area contributed by atoms with Gasteiger partial charge in [-0.2, -0.15) is 5.10 Å². The lowest BCUT2D eigenvalue weighted by molar-refractivity contribution is -0.118. The number of nitrogens with zero attached hydrogens (tertiary/aromatic N) is 1. The Balaban J connectivity index is 1.29. The molecule has 2 rings (SSSR count). The van der Waals surface area contributed by atoms with Gasteiger partial charge in [0.15, 0.2) is 0 Å². The number of hydrogen-bond acceptors (Lipinski definition) is 4. The van der Waals surface area contributed by atoms with Gasteiger partial charge in [-0.05, 0) is 30.9 Å². The monoisotopic (exact) mass is 387 g/mol. The molecule has 2 aromatic rings. The predicted octanol–water partition coefficient (Wildman–Crippen LogP) is 6.01. The van der Waals surface area contributed by atoms with Gasteiger partial charge in [0.1, 0.15) is 11.6 Å². The summed E-state index contributed by atoms with van der Waals surface area (Å²) in [7, 11) is 0. The molecule has 0 saturated carbocycles. The minimum atomic E-state index is 0.262. The number of aromatic nitrogens is 2. The van der Waals surface area contributed by atoms with Crippen LogP contribution in [0.3, 0.4) is 0 Å². The van der Waals surface area contributed by atoms with Crippen molar-refractivity contribution in [2.75, 3.05) is 5.73 Å². The molecule has 0 aliphatic rings. The first kappa shape index (κ1) is 22.3. The van der Waals surface area contributed by atoms with Gasteiger partial charge in [0.2, 0.25) is 0 Å². The Morgan fingerprint density at radius 3 is 2.07 bits per heavy atom. The highest BCUT2D eigenvalue weighted by molar-refractivity contribution is 5.81. The Labute approximate surface area is 169 Å². The van der Waals surface area contributed by atoms with E-state index in [1.165, 1.54) is 69.8 Å². The van der Waals surface area contributed by atoms with Crippen molar-refractivity contribution in [1.29, 1.82) is 0 Å². The van der Waals surface area contributed by atoms with Gasteiger partial charge < -0.3 is 10.2 Å². The molecule has 0 aliphatic heterocycles. The van der Waals surface area contributed by atoms with Crippen LogP contribution >= 0.6 is 0 Å². The quantitative estimate of drug-likeness (QED) is 0.325. The second-order valence-corrected chi connectivity index (χ2v) is 7.90. The number of hydrogen-bond donors (Lipinski definition) is 2. The second kappa shape index (κ2) is 14.0. The minimum absolute atomic E-state index is 0.262. The van der Waals surface area contributed by atoms with Crippen molar-refractivity contribution in [3.05, 3.63) is 35.9 Å². The van der Waals surface area contributed by atoms with Gasteiger partial charge in [0.05, 0.1) is 18.7 Å². The summed E-state index contributed by atoms with van der Waals surface area (Å²) < 4.78 is 5.09. The normalized spacial score (nSPS) is 11.1. The molecule has 0 bridgehead atoms. The lowest BCUT2D eigenvalue weighted by Gasteiger charge is -2.03. The number of rotatable bonds is 17. The van der Waals surface area contributed by atoms with Crippen LogP contribution in [-0.4, -0.2) is 16.0 Å². The van der Waals surface area contributed by atoms with Gasteiger partial charge >= 0.3 is 0 Å². The van der Waals surface area contributed by atoms with Crippen molar-refractivity contribution in [2.24, 2.45) is 0 Å². The molecule has 28 heavy (non-hydrogen) atoms. The summed E-state index contributed by atoms with van der Waals surface area (Å²) >= 11 is 0. The van der Waals surface area contributed by atoms with E-state index in [-0.39, 0.29) is 5.78 Å². The number of ketones is 1. The highest BCUT2D eigenvalue weighted by Crippen LogP contribution is 2.14. The molecule has 2 heterocycles. The molecule has 0 unspecified atom stereocenters. The molecule has 0 fully saturated rings. The van der Waals surface area contributed by atoms with Gasteiger partial charge in [0.25, 0.3) is 0 Å². The summed E-state index contributed by atoms with van der Waals surface area (Å²) in [4.78, 5) is 11.9. The van der Waals surface area contributed by atoms with Gasteiger partial charge in [0, 0.05) is 18.4 Å². The molecule has 3 N–H and O–H groups in total. The summed E-state index contributed by atoms with van der Waals surface area (Å²) in [6, 6.07) is 2.06. The smallest absolute Gasteiger partial charge is 0.137 e. The van der Waals surface area contributed by atoms with E-state index in [4.69, 9.17) is 10.2 Å². The van der Waals surface area contributed by atoms with Gasteiger partial charge in [-0.25, -0.2) is 0 Å². The highest BCUT2D eigenvalue weighted by Gasteiger charge is 2.07. The van der Waals surface area contributed by atoms with Gasteiger partial charge in [-0.1, -0.05) is 64.2 Å². The van der Waals surface area contributed by atoms with Crippen LogP contribution in [0.4, 0.5) is 5.82 Å². The maximum atomic E-state index is 11.9. The van der Waals surface area contributed by atoms with E-state index < -0.39 is 0 Å². The molecule has 0 aromatic carbocycles. The van der Waals surface area contributed by atoms with Crippen LogP contribution in [0.25, 0.3) is 0 Å². The summed E-state index contributed by atoms with van der Waals surface area (Å²) in [6.07, 6.45) is 22.9. The molecule has 0 atom stereocenters. The molecule has 0 saturated heterocycles. The van der Waals surface area contributed by atoms with Crippen LogP contribution in [0.2, 0.25) is 0 Å². The molecule has 2 aromatic heterocycles. The molecule has 5 nitrogen and oxygen atoms in total. The number of furan rings is 1. The van der Waals surface area contributed by atoms with Crippen LogP contribution in [0.15, 0.2) is 29.2 Å². The van der Waals surface area contributed by atoms with Crippen molar-refractivity contribution in [3.8, 4) is 0 Å². The molecule has 5 heteroatoms. The number of aromatic amines is 1. The number of aryl methyl sites for hydroxylation is 1. The number of carbonyl (C=O) groups is 1. The fourth-order valence-electron chi connectivity index (χ4n) is 3.62. The van der Waals surface area contributed by atoms with Crippen molar-refractivity contribution in [3.63, 3.8) is 0 Å². The third kappa shape index (κ3) is 9.77. The lowest BCUT2D eigenvalue weighted by atomic mass is 10.0. The van der Waals surface area contributed by atoms with E-state index in [2.05, 4.69) is 16.3 Å². The van der Waals surface area contributed by atoms with E-state index >= 15 is 0 Å². The van der Waals surface area contributed by atoms with Crippen molar-refractivity contribution >= 4 is 11.6 Å². The maximum Gasteiger partial charge on any atom is 0.137 e. The fourth-order valence-corrected chi connectivity index (χ4v) is 3.62. The number of nitrogen functional groups attached to an aromatic ring is 1. The fraction of sp³-hybridized carbons (Fsp3) is 0.652. The Morgan fingerprint density at radius 2 is 1.54 bits per heavy atom. The third-order valence-electron chi connectivity index (χ3n) is 5.39. The molecular weight excluding hydrogens is 350 g/mol. The zero-order valence-corrected chi connectivity index (χ0v) is 17.3.